The van der Waals surface area contributed by atoms with Crippen molar-refractivity contribution in [3.8, 4) is 28.0 Å². The number of fused-ring (bicyclic) bond motifs is 10. The molecule has 0 N–H and O–H groups in total. The van der Waals surface area contributed by atoms with E-state index in [9.17, 15) is 0 Å². The van der Waals surface area contributed by atoms with Crippen molar-refractivity contribution < 1.29 is 4.74 Å². The summed E-state index contributed by atoms with van der Waals surface area (Å²) in [5.74, 6) is 1.06. The average Bonchev–Trinajstić information content (AvgIpc) is 3.76. The number of ether oxygens (including phenoxy) is 1. The second-order valence-electron chi connectivity index (χ2n) is 17.1. The second kappa shape index (κ2) is 13.0. The minimum atomic E-state index is -0.134. The number of rotatable bonds is 5. The van der Waals surface area contributed by atoms with E-state index in [0.29, 0.717) is 0 Å². The van der Waals surface area contributed by atoms with E-state index in [1.807, 2.05) is 0 Å². The molecule has 12 rings (SSSR count). The lowest BCUT2D eigenvalue weighted by molar-refractivity contribution is 0.281. The molecule has 0 fully saturated rings. The Kier molecular flexibility index (Phi) is 7.53. The molecule has 2 aliphatic carbocycles. The summed E-state index contributed by atoms with van der Waals surface area (Å²) >= 11 is 0. The number of hydrogen-bond acceptors (Lipinski definition) is 1. The zero-order valence-electron chi connectivity index (χ0n) is 33.2. The van der Waals surface area contributed by atoms with Gasteiger partial charge in [0.1, 0.15) is 11.9 Å². The molecule has 59 heavy (non-hydrogen) atoms. The Morgan fingerprint density at radius 2 is 1.15 bits per heavy atom. The largest absolute Gasteiger partial charge is 0.484 e. The molecule has 1 nitrogen and oxygen atoms in total. The van der Waals surface area contributed by atoms with Gasteiger partial charge in [-0.05, 0) is 106 Å². The van der Waals surface area contributed by atoms with E-state index in [4.69, 9.17) is 4.74 Å². The molecule has 0 spiro atoms. The normalized spacial score (nSPS) is 17.3. The molecule has 3 atom stereocenters. The summed E-state index contributed by atoms with van der Waals surface area (Å²) in [4.78, 5) is 0. The van der Waals surface area contributed by atoms with Crippen LogP contribution in [0.5, 0.6) is 5.75 Å². The third kappa shape index (κ3) is 5.24. The van der Waals surface area contributed by atoms with Crippen molar-refractivity contribution in [2.24, 2.45) is 0 Å². The van der Waals surface area contributed by atoms with Gasteiger partial charge in [0, 0.05) is 28.4 Å². The lowest BCUT2D eigenvalue weighted by atomic mass is 9.78. The van der Waals surface area contributed by atoms with Gasteiger partial charge in [-0.15, -0.1) is 0 Å². The van der Waals surface area contributed by atoms with E-state index in [1.54, 1.807) is 0 Å². The summed E-state index contributed by atoms with van der Waals surface area (Å²) in [6.45, 7) is 4.73. The Labute approximate surface area is 345 Å². The van der Waals surface area contributed by atoms with E-state index in [1.165, 1.54) is 98.8 Å². The molecular weight excluding hydrogens is 713 g/mol. The van der Waals surface area contributed by atoms with Crippen LogP contribution in [0.2, 0.25) is 0 Å². The van der Waals surface area contributed by atoms with Crippen molar-refractivity contribution in [3.05, 3.63) is 244 Å². The van der Waals surface area contributed by atoms with Gasteiger partial charge in [-0.1, -0.05) is 196 Å². The summed E-state index contributed by atoms with van der Waals surface area (Å²) in [7, 11) is 0. The van der Waals surface area contributed by atoms with Crippen LogP contribution < -0.4 is 15.2 Å². The highest BCUT2D eigenvalue weighted by atomic mass is 16.5. The van der Waals surface area contributed by atoms with Crippen LogP contribution in [0.4, 0.5) is 0 Å². The van der Waals surface area contributed by atoms with Gasteiger partial charge in [0.15, 0.2) is 0 Å². The molecule has 0 saturated carbocycles. The van der Waals surface area contributed by atoms with Gasteiger partial charge < -0.3 is 4.74 Å². The predicted molar refractivity (Wildman–Crippen MR) is 245 cm³/mol. The topological polar surface area (TPSA) is 9.23 Å². The Bertz CT molecular complexity index is 3280. The van der Waals surface area contributed by atoms with E-state index in [-0.39, 0.29) is 23.4 Å². The van der Waals surface area contributed by atoms with Gasteiger partial charge in [0.2, 0.25) is 0 Å². The number of hydrogen-bond donors (Lipinski definition) is 0. The molecule has 3 aliphatic rings. The first kappa shape index (κ1) is 34.1. The van der Waals surface area contributed by atoms with Crippen LogP contribution in [-0.2, 0) is 5.41 Å². The van der Waals surface area contributed by atoms with Crippen LogP contribution >= 0.6 is 0 Å². The molecule has 0 bridgehead atoms. The molecule has 280 valence electrons. The van der Waals surface area contributed by atoms with Crippen molar-refractivity contribution >= 4 is 33.2 Å². The lowest BCUT2D eigenvalue weighted by Crippen LogP contribution is -2.39. The quantitative estimate of drug-likeness (QED) is 0.126. The average molecular weight is 755 g/mol. The van der Waals surface area contributed by atoms with Crippen molar-refractivity contribution in [1.82, 2.24) is 0 Å². The number of benzene rings is 9. The molecule has 0 aromatic heterocycles. The summed E-state index contributed by atoms with van der Waals surface area (Å²) < 4.78 is 7.30. The van der Waals surface area contributed by atoms with Gasteiger partial charge in [0.25, 0.3) is 0 Å². The molecule has 1 heteroatoms. The first-order valence-electron chi connectivity index (χ1n) is 20.9. The first-order chi connectivity index (χ1) is 29.0. The Balaban J connectivity index is 1.01. The maximum absolute atomic E-state index is 7.30. The second-order valence-corrected chi connectivity index (χ2v) is 17.1. The fourth-order valence-corrected chi connectivity index (χ4v) is 10.7. The molecule has 0 saturated heterocycles. The van der Waals surface area contributed by atoms with Crippen molar-refractivity contribution in [2.75, 3.05) is 0 Å². The predicted octanol–water partition coefficient (Wildman–Crippen LogP) is 12.7. The maximum atomic E-state index is 7.30. The van der Waals surface area contributed by atoms with Crippen LogP contribution in [0, 0.1) is 0 Å². The minimum absolute atomic E-state index is 0.0175. The van der Waals surface area contributed by atoms with E-state index in [2.05, 4.69) is 214 Å². The van der Waals surface area contributed by atoms with E-state index in [0.717, 1.165) is 5.75 Å². The monoisotopic (exact) mass is 754 g/mol. The fourth-order valence-electron chi connectivity index (χ4n) is 10.7. The van der Waals surface area contributed by atoms with E-state index < -0.39 is 0 Å². The van der Waals surface area contributed by atoms with E-state index >= 15 is 0 Å². The lowest BCUT2D eigenvalue weighted by Gasteiger charge is -2.26. The highest BCUT2D eigenvalue weighted by Gasteiger charge is 2.41. The third-order valence-electron chi connectivity index (χ3n) is 13.6. The maximum Gasteiger partial charge on any atom is 0.135 e. The summed E-state index contributed by atoms with van der Waals surface area (Å²) in [5.41, 5.74) is 15.4. The molecule has 1 heterocycles. The Hall–Kier alpha value is -6.96. The molecule has 9 aromatic rings. The van der Waals surface area contributed by atoms with Crippen LogP contribution in [0.15, 0.2) is 194 Å². The highest BCUT2D eigenvalue weighted by molar-refractivity contribution is 6.09. The van der Waals surface area contributed by atoms with Crippen molar-refractivity contribution in [1.29, 1.82) is 0 Å². The zero-order chi connectivity index (χ0) is 39.2. The van der Waals surface area contributed by atoms with Crippen LogP contribution in [-0.4, -0.2) is 6.10 Å². The van der Waals surface area contributed by atoms with Gasteiger partial charge >= 0.3 is 0 Å². The first-order valence-corrected chi connectivity index (χ1v) is 20.9. The fraction of sp³-hybridized carbons (Fsp3) is 0.103. The third-order valence-corrected chi connectivity index (χ3v) is 13.6. The summed E-state index contributed by atoms with van der Waals surface area (Å²) in [6, 6.07) is 72.0. The Morgan fingerprint density at radius 1 is 0.492 bits per heavy atom. The molecular formula is C58H42O. The summed E-state index contributed by atoms with van der Waals surface area (Å²) in [5, 5.41) is 7.62. The van der Waals surface area contributed by atoms with Crippen LogP contribution in [0.1, 0.15) is 64.6 Å². The standard InChI is InChI=1S/C58H42O/c1-58(2)52-23-13-12-22-47(52)48-30-28-41(34-53(48)58)56-44-19-9-7-17-40(44)33-51-49-31-29-42(35-54(49)59-57(51)56)55(38-26-24-37(25-27-38)36-14-4-3-5-15-36)50-32-39-16-6-8-18-43(39)45-20-10-11-21-46(45)50/h3-35,51,55,57H,1-2H3. The Morgan fingerprint density at radius 3 is 2.02 bits per heavy atom. The molecule has 3 unspecified atom stereocenters. The smallest absolute Gasteiger partial charge is 0.135 e. The van der Waals surface area contributed by atoms with Gasteiger partial charge in [-0.25, -0.2) is 0 Å². The SMILES string of the molecule is CC1(C)c2ccccc2-c2ccc(C3=c4ccccc4=CC4c5ccc(C(c6ccc(-c7ccccc7)cc6)c6cc7ccccc7c7ccccc67)cc5OC34)cc21. The molecule has 9 aromatic carbocycles. The molecule has 1 aliphatic heterocycles. The van der Waals surface area contributed by atoms with Crippen molar-refractivity contribution in [3.63, 3.8) is 0 Å². The van der Waals surface area contributed by atoms with Gasteiger partial charge in [0.05, 0.1) is 0 Å². The van der Waals surface area contributed by atoms with Gasteiger partial charge in [-0.3, -0.25) is 0 Å². The molecule has 0 amide bonds. The molecule has 0 radical (unpaired) electrons. The van der Waals surface area contributed by atoms with Crippen LogP contribution in [0.3, 0.4) is 0 Å². The minimum Gasteiger partial charge on any atom is -0.484 e. The van der Waals surface area contributed by atoms with Crippen molar-refractivity contribution in [2.45, 2.75) is 37.2 Å². The zero-order valence-corrected chi connectivity index (χ0v) is 33.2. The highest BCUT2D eigenvalue weighted by Crippen LogP contribution is 2.51. The summed E-state index contributed by atoms with van der Waals surface area (Å²) in [6.07, 6.45) is 2.31. The van der Waals surface area contributed by atoms with Crippen LogP contribution in [0.25, 0.3) is 55.4 Å². The van der Waals surface area contributed by atoms with Gasteiger partial charge in [-0.2, -0.15) is 0 Å².